The van der Waals surface area contributed by atoms with E-state index in [-0.39, 0.29) is 6.61 Å². The number of alkyl carbamates (subject to hydrolysis) is 1. The summed E-state index contributed by atoms with van der Waals surface area (Å²) in [5.74, 6) is -1.00. The van der Waals surface area contributed by atoms with Crippen molar-refractivity contribution in [3.63, 3.8) is 0 Å². The fraction of sp³-hybridized carbons (Fsp3) is 0.467. The lowest BCUT2D eigenvalue weighted by molar-refractivity contribution is -0.138. The number of carboxylic acid groups (broad SMARTS) is 1. The number of unbranched alkanes of at least 4 members (excludes halogenated alkanes) is 1. The molecule has 1 aromatic carbocycles. The molecule has 0 aliphatic heterocycles. The van der Waals surface area contributed by atoms with Crippen molar-refractivity contribution in [2.24, 2.45) is 5.73 Å². The van der Waals surface area contributed by atoms with Gasteiger partial charge in [-0.05, 0) is 43.2 Å². The second-order valence-corrected chi connectivity index (χ2v) is 5.67. The van der Waals surface area contributed by atoms with Crippen molar-refractivity contribution < 1.29 is 19.4 Å². The van der Waals surface area contributed by atoms with Crippen LogP contribution in [0.3, 0.4) is 0 Å². The normalized spacial score (nSPS) is 11.7. The van der Waals surface area contributed by atoms with Crippen LogP contribution in [0, 0.1) is 0 Å². The van der Waals surface area contributed by atoms with Crippen molar-refractivity contribution in [1.82, 2.24) is 5.32 Å². The van der Waals surface area contributed by atoms with Crippen LogP contribution in [0.5, 0.6) is 0 Å². The third kappa shape index (κ3) is 7.33. The van der Waals surface area contributed by atoms with Crippen molar-refractivity contribution >= 4 is 23.8 Å². The summed E-state index contributed by atoms with van der Waals surface area (Å²) in [6.07, 6.45) is 3.23. The Kier molecular flexibility index (Phi) is 8.39. The number of nitrogens with one attached hydrogen (secondary N) is 1. The maximum atomic E-state index is 11.5. The minimum absolute atomic E-state index is 0.227. The summed E-state index contributed by atoms with van der Waals surface area (Å²) in [7, 11) is 0. The first-order chi connectivity index (χ1) is 10.5. The summed E-state index contributed by atoms with van der Waals surface area (Å²) in [6, 6.07) is 6.97. The molecule has 0 saturated carbocycles. The molecule has 1 aromatic rings. The molecule has 1 rings (SSSR count). The number of thioether (sulfide) groups is 1. The lowest BCUT2D eigenvalue weighted by atomic mass is 10.1. The van der Waals surface area contributed by atoms with Crippen molar-refractivity contribution in [2.45, 2.75) is 36.8 Å². The van der Waals surface area contributed by atoms with E-state index in [0.717, 1.165) is 10.5 Å². The third-order valence-corrected chi connectivity index (χ3v) is 3.80. The Morgan fingerprint density at radius 1 is 1.32 bits per heavy atom. The SMILES string of the molecule is CSc1ccc(COC(=O)NCCCC[C@H](N)C(=O)O)cc1. The van der Waals surface area contributed by atoms with Crippen LogP contribution < -0.4 is 11.1 Å². The largest absolute Gasteiger partial charge is 0.480 e. The second kappa shape index (κ2) is 10.1. The van der Waals surface area contributed by atoms with Gasteiger partial charge >= 0.3 is 12.1 Å². The van der Waals surface area contributed by atoms with E-state index < -0.39 is 18.1 Å². The highest BCUT2D eigenvalue weighted by Gasteiger charge is 2.10. The zero-order valence-corrected chi connectivity index (χ0v) is 13.4. The van der Waals surface area contributed by atoms with Crippen LogP contribution >= 0.6 is 11.8 Å². The van der Waals surface area contributed by atoms with Crippen LogP contribution in [0.25, 0.3) is 0 Å². The molecule has 0 heterocycles. The third-order valence-electron chi connectivity index (χ3n) is 3.06. The lowest BCUT2D eigenvalue weighted by Gasteiger charge is -2.08. The molecular formula is C15H22N2O4S. The Balaban J connectivity index is 2.11. The number of hydrogen-bond donors (Lipinski definition) is 3. The Labute approximate surface area is 134 Å². The molecule has 0 radical (unpaired) electrons. The Hall–Kier alpha value is -1.73. The summed E-state index contributed by atoms with van der Waals surface area (Å²) >= 11 is 1.66. The predicted molar refractivity (Wildman–Crippen MR) is 85.9 cm³/mol. The van der Waals surface area contributed by atoms with Crippen LogP contribution in [0.1, 0.15) is 24.8 Å². The van der Waals surface area contributed by atoms with Crippen LogP contribution in [0.4, 0.5) is 4.79 Å². The molecule has 122 valence electrons. The van der Waals surface area contributed by atoms with Gasteiger partial charge in [0.1, 0.15) is 12.6 Å². The first kappa shape index (κ1) is 18.3. The maximum Gasteiger partial charge on any atom is 0.407 e. The monoisotopic (exact) mass is 326 g/mol. The zero-order chi connectivity index (χ0) is 16.4. The van der Waals surface area contributed by atoms with E-state index in [1.54, 1.807) is 11.8 Å². The van der Waals surface area contributed by atoms with Gasteiger partial charge in [-0.3, -0.25) is 4.79 Å². The zero-order valence-electron chi connectivity index (χ0n) is 12.6. The molecule has 0 aliphatic rings. The number of aliphatic carboxylic acids is 1. The van der Waals surface area contributed by atoms with Gasteiger partial charge in [0, 0.05) is 11.4 Å². The molecule has 1 atom stereocenters. The highest BCUT2D eigenvalue weighted by atomic mass is 32.2. The lowest BCUT2D eigenvalue weighted by Crippen LogP contribution is -2.30. The molecule has 1 amide bonds. The van der Waals surface area contributed by atoms with Crippen molar-refractivity contribution in [3.8, 4) is 0 Å². The van der Waals surface area contributed by atoms with Gasteiger partial charge in [-0.1, -0.05) is 12.1 Å². The fourth-order valence-electron chi connectivity index (χ4n) is 1.72. The standard InChI is InChI=1S/C15H22N2O4S/c1-22-12-7-5-11(6-8-12)10-21-15(20)17-9-3-2-4-13(16)14(18)19/h5-8,13H,2-4,9-10,16H2,1H3,(H,17,20)(H,18,19)/t13-/m0/s1. The minimum atomic E-state index is -1.00. The Bertz CT molecular complexity index is 479. The topological polar surface area (TPSA) is 102 Å². The van der Waals surface area contributed by atoms with E-state index in [0.29, 0.717) is 25.8 Å². The predicted octanol–water partition coefficient (Wildman–Crippen LogP) is 2.22. The average molecular weight is 326 g/mol. The van der Waals surface area contributed by atoms with Gasteiger partial charge in [-0.25, -0.2) is 4.79 Å². The molecule has 0 aliphatic carbocycles. The van der Waals surface area contributed by atoms with Crippen LogP contribution in [0.15, 0.2) is 29.2 Å². The maximum absolute atomic E-state index is 11.5. The number of carbonyl (C=O) groups excluding carboxylic acids is 1. The molecule has 4 N–H and O–H groups in total. The summed E-state index contributed by atoms with van der Waals surface area (Å²) in [5, 5.41) is 11.2. The number of carboxylic acids is 1. The smallest absolute Gasteiger partial charge is 0.407 e. The van der Waals surface area contributed by atoms with Crippen LogP contribution in [0.2, 0.25) is 0 Å². The van der Waals surface area contributed by atoms with Crippen molar-refractivity contribution in [3.05, 3.63) is 29.8 Å². The summed E-state index contributed by atoms with van der Waals surface area (Å²) < 4.78 is 5.09. The van der Waals surface area contributed by atoms with Gasteiger partial charge in [0.25, 0.3) is 0 Å². The Morgan fingerprint density at radius 3 is 2.59 bits per heavy atom. The highest BCUT2D eigenvalue weighted by Crippen LogP contribution is 2.15. The van der Waals surface area contributed by atoms with Crippen LogP contribution in [-0.4, -0.2) is 36.0 Å². The quantitative estimate of drug-likeness (QED) is 0.475. The fourth-order valence-corrected chi connectivity index (χ4v) is 2.13. The summed E-state index contributed by atoms with van der Waals surface area (Å²) in [6.45, 7) is 0.668. The first-order valence-corrected chi connectivity index (χ1v) is 8.27. The van der Waals surface area contributed by atoms with E-state index in [1.165, 1.54) is 0 Å². The minimum Gasteiger partial charge on any atom is -0.480 e. The van der Waals surface area contributed by atoms with E-state index in [4.69, 9.17) is 15.6 Å². The van der Waals surface area contributed by atoms with E-state index in [9.17, 15) is 9.59 Å². The van der Waals surface area contributed by atoms with E-state index in [2.05, 4.69) is 5.32 Å². The summed E-state index contributed by atoms with van der Waals surface area (Å²) in [4.78, 5) is 23.2. The van der Waals surface area contributed by atoms with E-state index in [1.807, 2.05) is 30.5 Å². The molecule has 0 fully saturated rings. The molecule has 7 heteroatoms. The van der Waals surface area contributed by atoms with Gasteiger partial charge < -0.3 is 20.9 Å². The van der Waals surface area contributed by atoms with Gasteiger partial charge in [0.15, 0.2) is 0 Å². The highest BCUT2D eigenvalue weighted by molar-refractivity contribution is 7.98. The number of hydrogen-bond acceptors (Lipinski definition) is 5. The number of carbonyl (C=O) groups is 2. The average Bonchev–Trinajstić information content (AvgIpc) is 2.52. The summed E-state index contributed by atoms with van der Waals surface area (Å²) in [5.41, 5.74) is 6.31. The van der Waals surface area contributed by atoms with Gasteiger partial charge in [-0.2, -0.15) is 0 Å². The van der Waals surface area contributed by atoms with Gasteiger partial charge in [-0.15, -0.1) is 11.8 Å². The number of rotatable bonds is 9. The molecule has 0 bridgehead atoms. The first-order valence-electron chi connectivity index (χ1n) is 7.05. The molecule has 0 spiro atoms. The number of amides is 1. The number of benzene rings is 1. The molecule has 6 nitrogen and oxygen atoms in total. The van der Waals surface area contributed by atoms with Crippen molar-refractivity contribution in [1.29, 1.82) is 0 Å². The van der Waals surface area contributed by atoms with Crippen molar-refractivity contribution in [2.75, 3.05) is 12.8 Å². The number of nitrogens with two attached hydrogens (primary N) is 1. The second-order valence-electron chi connectivity index (χ2n) is 4.79. The molecular weight excluding hydrogens is 304 g/mol. The van der Waals surface area contributed by atoms with Crippen LogP contribution in [-0.2, 0) is 16.1 Å². The Morgan fingerprint density at radius 2 is 2.00 bits per heavy atom. The molecule has 22 heavy (non-hydrogen) atoms. The molecule has 0 unspecified atom stereocenters. The molecule has 0 saturated heterocycles. The molecule has 0 aromatic heterocycles. The number of ether oxygens (including phenoxy) is 1. The van der Waals surface area contributed by atoms with Gasteiger partial charge in [0.05, 0.1) is 0 Å². The van der Waals surface area contributed by atoms with E-state index >= 15 is 0 Å². The van der Waals surface area contributed by atoms with Gasteiger partial charge in [0.2, 0.25) is 0 Å².